The Morgan fingerprint density at radius 1 is 0.525 bits per heavy atom. The Bertz CT molecular complexity index is 1170. The Hall–Kier alpha value is -3.08. The number of aliphatic carboxylic acids is 1. The SMILES string of the molecule is CCN[C@@H](CCCCNC(=O)COCCOCCNC(=O)COCCOCCNC(=O)CC[C@@H](C=O)NC(=O)CCCCCCCCCCCCCCCCC(=O)O)C(=O)P. The van der Waals surface area contributed by atoms with Gasteiger partial charge in [-0.25, -0.2) is 0 Å². The highest BCUT2D eigenvalue weighted by atomic mass is 31.0. The number of hydrogen-bond acceptors (Lipinski definition) is 12. The van der Waals surface area contributed by atoms with Gasteiger partial charge in [-0.1, -0.05) is 93.2 Å². The number of likely N-dealkylation sites (N-methyl/N-ethyl adjacent to an activating group) is 1. The third-order valence-corrected chi connectivity index (χ3v) is 10.0. The van der Waals surface area contributed by atoms with E-state index in [0.29, 0.717) is 25.8 Å². The average Bonchev–Trinajstić information content (AvgIpc) is 3.23. The van der Waals surface area contributed by atoms with Crippen LogP contribution in [0.4, 0.5) is 0 Å². The highest BCUT2D eigenvalue weighted by Crippen LogP contribution is 2.14. The number of aldehydes is 1. The number of hydrogen-bond donors (Lipinski definition) is 6. The molecule has 4 amide bonds. The lowest BCUT2D eigenvalue weighted by molar-refractivity contribution is -0.137. The maximum atomic E-state index is 12.3. The van der Waals surface area contributed by atoms with Crippen molar-refractivity contribution >= 4 is 50.6 Å². The van der Waals surface area contributed by atoms with Crippen molar-refractivity contribution in [3.05, 3.63) is 0 Å². The molecular weight excluding hydrogens is 809 g/mol. The molecule has 0 aliphatic carbocycles. The van der Waals surface area contributed by atoms with Gasteiger partial charge in [-0.3, -0.25) is 28.8 Å². The van der Waals surface area contributed by atoms with Crippen molar-refractivity contribution in [3.8, 4) is 0 Å². The highest BCUT2D eigenvalue weighted by Gasteiger charge is 2.14. The molecule has 0 spiro atoms. The van der Waals surface area contributed by atoms with Crippen LogP contribution in [0.5, 0.6) is 0 Å². The molecule has 354 valence electrons. The first kappa shape index (κ1) is 57.9. The lowest BCUT2D eigenvalue weighted by atomic mass is 10.0. The van der Waals surface area contributed by atoms with Gasteiger partial charge >= 0.3 is 5.97 Å². The van der Waals surface area contributed by atoms with Crippen molar-refractivity contribution in [2.75, 3.05) is 79.0 Å². The summed E-state index contributed by atoms with van der Waals surface area (Å²) in [4.78, 5) is 81.7. The molecule has 0 aromatic carbocycles. The number of rotatable bonds is 46. The van der Waals surface area contributed by atoms with Gasteiger partial charge in [-0.2, -0.15) is 0 Å². The monoisotopic (exact) mass is 890 g/mol. The standard InChI is InChI=1S/C43H80N5O12P/c1-2-44-37(43(56)61)19-17-18-24-45-40(52)34-59-31-30-58-28-26-47-41(53)35-60-32-29-57-27-25-46-38(50)23-22-36(33-49)48-39(51)20-15-13-11-9-7-5-3-4-6-8-10-12-14-16-21-42(54)55/h33,36-37,44H,2-32,34-35,61H2,1H3,(H,45,52)(H,46,50)(H,47,53)(H,48,51)(H,54,55)/t36-,37-/m0/s1. The molecule has 1 unspecified atom stereocenters. The summed E-state index contributed by atoms with van der Waals surface area (Å²) in [7, 11) is 2.21. The van der Waals surface area contributed by atoms with Gasteiger partial charge in [0.1, 0.15) is 19.5 Å². The topological polar surface area (TPSA) is 237 Å². The molecule has 17 nitrogen and oxygen atoms in total. The zero-order valence-electron chi connectivity index (χ0n) is 37.1. The van der Waals surface area contributed by atoms with E-state index in [1.807, 2.05) is 6.92 Å². The van der Waals surface area contributed by atoms with E-state index in [1.165, 1.54) is 44.9 Å². The van der Waals surface area contributed by atoms with E-state index in [2.05, 4.69) is 35.8 Å². The van der Waals surface area contributed by atoms with Crippen LogP contribution in [0.1, 0.15) is 142 Å². The van der Waals surface area contributed by atoms with Gasteiger partial charge in [0.05, 0.1) is 51.7 Å². The fraction of sp³-hybridized carbons (Fsp3) is 0.837. The van der Waals surface area contributed by atoms with Crippen LogP contribution in [-0.2, 0) is 52.5 Å². The highest BCUT2D eigenvalue weighted by molar-refractivity contribution is 7.40. The number of nitrogens with one attached hydrogen (secondary N) is 5. The Morgan fingerprint density at radius 2 is 0.984 bits per heavy atom. The molecule has 6 N–H and O–H groups in total. The van der Waals surface area contributed by atoms with E-state index in [9.17, 15) is 33.6 Å². The molecule has 18 heteroatoms. The van der Waals surface area contributed by atoms with E-state index in [0.717, 1.165) is 70.8 Å². The quantitative estimate of drug-likeness (QED) is 0.0291. The minimum Gasteiger partial charge on any atom is -0.481 e. The number of carboxylic acids is 1. The first-order valence-corrected chi connectivity index (χ1v) is 23.3. The van der Waals surface area contributed by atoms with Crippen LogP contribution < -0.4 is 26.6 Å². The second-order valence-electron chi connectivity index (χ2n) is 15.1. The van der Waals surface area contributed by atoms with Gasteiger partial charge in [-0.15, -0.1) is 0 Å². The van der Waals surface area contributed by atoms with Crippen LogP contribution in [0, 0.1) is 0 Å². The molecular formula is C43H80N5O12P. The Labute approximate surface area is 367 Å². The number of ether oxygens (including phenoxy) is 4. The molecule has 0 aromatic heterocycles. The minimum atomic E-state index is -0.707. The summed E-state index contributed by atoms with van der Waals surface area (Å²) >= 11 is 0. The normalized spacial score (nSPS) is 12.0. The summed E-state index contributed by atoms with van der Waals surface area (Å²) in [6, 6.07) is -0.874. The van der Waals surface area contributed by atoms with Crippen LogP contribution >= 0.6 is 9.24 Å². The molecule has 3 atom stereocenters. The summed E-state index contributed by atoms with van der Waals surface area (Å²) < 4.78 is 21.4. The van der Waals surface area contributed by atoms with Gasteiger partial charge in [0, 0.05) is 38.9 Å². The summed E-state index contributed by atoms with van der Waals surface area (Å²) in [5.74, 6) is -1.64. The Kier molecular flexibility index (Phi) is 41.4. The lowest BCUT2D eigenvalue weighted by Crippen LogP contribution is -2.37. The number of carbonyl (C=O) groups is 7. The lowest BCUT2D eigenvalue weighted by Gasteiger charge is -2.14. The molecule has 0 saturated carbocycles. The van der Waals surface area contributed by atoms with Crippen molar-refractivity contribution in [2.24, 2.45) is 0 Å². The van der Waals surface area contributed by atoms with Crippen LogP contribution in [-0.4, -0.2) is 138 Å². The fourth-order valence-corrected chi connectivity index (χ4v) is 6.49. The third-order valence-electron chi connectivity index (χ3n) is 9.62. The first-order valence-electron chi connectivity index (χ1n) is 22.7. The summed E-state index contributed by atoms with van der Waals surface area (Å²) in [5.41, 5.74) is 0.0401. The van der Waals surface area contributed by atoms with Gasteiger partial charge in [-0.05, 0) is 45.1 Å². The summed E-state index contributed by atoms with van der Waals surface area (Å²) in [6.45, 7) is 5.03. The van der Waals surface area contributed by atoms with E-state index >= 15 is 0 Å². The predicted octanol–water partition coefficient (Wildman–Crippen LogP) is 3.74. The van der Waals surface area contributed by atoms with Gasteiger partial charge in [0.2, 0.25) is 23.6 Å². The summed E-state index contributed by atoms with van der Waals surface area (Å²) in [6.07, 6.45) is 19.4. The second-order valence-corrected chi connectivity index (χ2v) is 15.6. The fourth-order valence-electron chi connectivity index (χ4n) is 6.20. The van der Waals surface area contributed by atoms with Crippen molar-refractivity contribution in [1.82, 2.24) is 26.6 Å². The maximum absolute atomic E-state index is 12.3. The molecule has 0 saturated heterocycles. The average molecular weight is 890 g/mol. The van der Waals surface area contributed by atoms with Gasteiger partial charge in [0.25, 0.3) is 0 Å². The minimum absolute atomic E-state index is 0.0401. The van der Waals surface area contributed by atoms with Crippen LogP contribution in [0.3, 0.4) is 0 Å². The molecule has 0 rings (SSSR count). The van der Waals surface area contributed by atoms with Crippen LogP contribution in [0.2, 0.25) is 0 Å². The van der Waals surface area contributed by atoms with Crippen molar-refractivity contribution in [2.45, 2.75) is 154 Å². The predicted molar refractivity (Wildman–Crippen MR) is 237 cm³/mol. The van der Waals surface area contributed by atoms with E-state index in [-0.39, 0.29) is 114 Å². The molecule has 0 bridgehead atoms. The zero-order chi connectivity index (χ0) is 45.0. The van der Waals surface area contributed by atoms with Crippen LogP contribution in [0.25, 0.3) is 0 Å². The maximum Gasteiger partial charge on any atom is 0.303 e. The molecule has 0 aromatic rings. The zero-order valence-corrected chi connectivity index (χ0v) is 38.2. The number of amides is 4. The molecule has 0 aliphatic rings. The largest absolute Gasteiger partial charge is 0.481 e. The van der Waals surface area contributed by atoms with Crippen molar-refractivity contribution in [1.29, 1.82) is 0 Å². The molecule has 0 heterocycles. The number of carboxylic acid groups (broad SMARTS) is 1. The molecule has 0 aliphatic heterocycles. The van der Waals surface area contributed by atoms with Crippen molar-refractivity contribution in [3.63, 3.8) is 0 Å². The summed E-state index contributed by atoms with van der Waals surface area (Å²) in [5, 5.41) is 22.7. The van der Waals surface area contributed by atoms with Gasteiger partial charge < -0.3 is 55.4 Å². The smallest absolute Gasteiger partial charge is 0.303 e. The van der Waals surface area contributed by atoms with Crippen molar-refractivity contribution < 1.29 is 57.6 Å². The first-order chi connectivity index (χ1) is 29.6. The third kappa shape index (κ3) is 42.0. The van der Waals surface area contributed by atoms with E-state index in [1.54, 1.807) is 0 Å². The molecule has 61 heavy (non-hydrogen) atoms. The van der Waals surface area contributed by atoms with Gasteiger partial charge in [0.15, 0.2) is 5.52 Å². The number of unbranched alkanes of at least 4 members (excludes halogenated alkanes) is 14. The van der Waals surface area contributed by atoms with E-state index in [4.69, 9.17) is 24.1 Å². The second kappa shape index (κ2) is 43.6. The Balaban J connectivity index is 3.58. The van der Waals surface area contributed by atoms with Crippen LogP contribution in [0.15, 0.2) is 0 Å². The Morgan fingerprint density at radius 3 is 1.46 bits per heavy atom. The number of carbonyl (C=O) groups excluding carboxylic acids is 6. The van der Waals surface area contributed by atoms with E-state index < -0.39 is 12.0 Å². The molecule has 0 fully saturated rings. The molecule has 0 radical (unpaired) electrons.